The number of hydrogen-bond donors (Lipinski definition) is 2. The van der Waals surface area contributed by atoms with Crippen molar-refractivity contribution in [2.45, 2.75) is 32.0 Å². The van der Waals surface area contributed by atoms with Gasteiger partial charge in [-0.25, -0.2) is 4.98 Å². The molecule has 0 bridgehead atoms. The normalized spacial score (nSPS) is 21.9. The van der Waals surface area contributed by atoms with Crippen LogP contribution in [-0.2, 0) is 6.54 Å². The number of aliphatic hydroxyl groups is 1. The predicted octanol–water partition coefficient (Wildman–Crippen LogP) is 2.44. The van der Waals surface area contributed by atoms with Crippen molar-refractivity contribution in [1.82, 2.24) is 9.88 Å². The van der Waals surface area contributed by atoms with E-state index >= 15 is 0 Å². The third kappa shape index (κ3) is 3.84. The van der Waals surface area contributed by atoms with E-state index in [2.05, 4.69) is 39.5 Å². The van der Waals surface area contributed by atoms with E-state index in [0.29, 0.717) is 6.04 Å². The van der Waals surface area contributed by atoms with Gasteiger partial charge < -0.3 is 10.4 Å². The number of nitrogens with zero attached hydrogens (tertiary/aromatic N) is 2. The lowest BCUT2D eigenvalue weighted by Crippen LogP contribution is -2.34. The van der Waals surface area contributed by atoms with Crippen LogP contribution >= 0.6 is 0 Å². The topological polar surface area (TPSA) is 48.4 Å². The Labute approximate surface area is 131 Å². The predicted molar refractivity (Wildman–Crippen MR) is 88.7 cm³/mol. The molecule has 2 aromatic rings. The minimum Gasteiger partial charge on any atom is -0.392 e. The molecule has 0 aliphatic carbocycles. The van der Waals surface area contributed by atoms with Crippen molar-refractivity contribution < 1.29 is 5.11 Å². The van der Waals surface area contributed by atoms with Gasteiger partial charge in [-0.2, -0.15) is 0 Å². The molecule has 0 amide bonds. The first kappa shape index (κ1) is 15.0. The van der Waals surface area contributed by atoms with Crippen LogP contribution in [0.2, 0.25) is 0 Å². The lowest BCUT2D eigenvalue weighted by molar-refractivity contribution is 0.173. The van der Waals surface area contributed by atoms with Crippen molar-refractivity contribution in [2.75, 3.05) is 18.4 Å². The van der Waals surface area contributed by atoms with Gasteiger partial charge in [-0.3, -0.25) is 4.90 Å². The van der Waals surface area contributed by atoms with Gasteiger partial charge >= 0.3 is 0 Å². The first-order valence-corrected chi connectivity index (χ1v) is 7.84. The van der Waals surface area contributed by atoms with Gasteiger partial charge in [0.15, 0.2) is 0 Å². The third-order valence-electron chi connectivity index (χ3n) is 4.14. The van der Waals surface area contributed by atoms with Gasteiger partial charge in [-0.15, -0.1) is 0 Å². The summed E-state index contributed by atoms with van der Waals surface area (Å²) in [6.45, 7) is 4.42. The molecular formula is C18H23N3O. The van der Waals surface area contributed by atoms with Gasteiger partial charge in [0.2, 0.25) is 0 Å². The molecule has 1 saturated heterocycles. The van der Waals surface area contributed by atoms with Crippen LogP contribution in [0.5, 0.6) is 0 Å². The molecule has 2 heterocycles. The molecule has 116 valence electrons. The average Bonchev–Trinajstić information content (AvgIpc) is 2.86. The third-order valence-corrected chi connectivity index (χ3v) is 4.14. The number of hydrogen-bond acceptors (Lipinski definition) is 4. The monoisotopic (exact) mass is 297 g/mol. The Morgan fingerprint density at radius 1 is 1.18 bits per heavy atom. The van der Waals surface area contributed by atoms with Crippen LogP contribution in [0.4, 0.5) is 5.82 Å². The van der Waals surface area contributed by atoms with Crippen molar-refractivity contribution in [3.05, 3.63) is 59.8 Å². The Balaban J connectivity index is 1.61. The summed E-state index contributed by atoms with van der Waals surface area (Å²) in [6, 6.07) is 16.7. The number of aromatic nitrogens is 1. The number of aryl methyl sites for hydroxylation is 1. The minimum atomic E-state index is -0.235. The molecular weight excluding hydrogens is 274 g/mol. The highest BCUT2D eigenvalue weighted by molar-refractivity contribution is 5.35. The number of anilines is 1. The maximum absolute atomic E-state index is 10.0. The van der Waals surface area contributed by atoms with Crippen molar-refractivity contribution in [3.8, 4) is 0 Å². The van der Waals surface area contributed by atoms with Crippen molar-refractivity contribution in [3.63, 3.8) is 0 Å². The number of benzene rings is 1. The van der Waals surface area contributed by atoms with E-state index in [9.17, 15) is 5.11 Å². The summed E-state index contributed by atoms with van der Waals surface area (Å²) < 4.78 is 0. The number of aliphatic hydroxyl groups excluding tert-OH is 1. The largest absolute Gasteiger partial charge is 0.392 e. The molecule has 2 unspecified atom stereocenters. The Bertz CT molecular complexity index is 602. The van der Waals surface area contributed by atoms with Gasteiger partial charge in [0.1, 0.15) is 5.82 Å². The van der Waals surface area contributed by atoms with E-state index < -0.39 is 0 Å². The van der Waals surface area contributed by atoms with Gasteiger partial charge in [-0.1, -0.05) is 36.4 Å². The van der Waals surface area contributed by atoms with E-state index in [0.717, 1.165) is 37.6 Å². The number of β-amino-alcohol motifs (C(OH)–C–C–N with tert-alkyl or cyclic N) is 1. The van der Waals surface area contributed by atoms with Crippen molar-refractivity contribution >= 4 is 5.82 Å². The van der Waals surface area contributed by atoms with E-state index in [4.69, 9.17) is 0 Å². The summed E-state index contributed by atoms with van der Waals surface area (Å²) in [6.07, 6.45) is 0.576. The van der Waals surface area contributed by atoms with Crippen LogP contribution in [0.1, 0.15) is 17.7 Å². The SMILES string of the molecule is Cc1cccc(NCC2CC(O)CN2Cc2ccccc2)n1. The van der Waals surface area contributed by atoms with Crippen LogP contribution in [0.25, 0.3) is 0 Å². The second-order valence-corrected chi connectivity index (χ2v) is 6.00. The first-order chi connectivity index (χ1) is 10.7. The lowest BCUT2D eigenvalue weighted by Gasteiger charge is -2.24. The van der Waals surface area contributed by atoms with Crippen LogP contribution in [0.3, 0.4) is 0 Å². The molecule has 2 N–H and O–H groups in total. The molecule has 0 saturated carbocycles. The molecule has 4 heteroatoms. The Kier molecular flexibility index (Phi) is 4.71. The molecule has 0 radical (unpaired) electrons. The van der Waals surface area contributed by atoms with Crippen molar-refractivity contribution in [2.24, 2.45) is 0 Å². The minimum absolute atomic E-state index is 0.235. The molecule has 3 rings (SSSR count). The molecule has 1 aliphatic rings. The fraction of sp³-hybridized carbons (Fsp3) is 0.389. The van der Waals surface area contributed by atoms with Crippen molar-refractivity contribution in [1.29, 1.82) is 0 Å². The molecule has 4 nitrogen and oxygen atoms in total. The zero-order chi connectivity index (χ0) is 15.4. The zero-order valence-corrected chi connectivity index (χ0v) is 12.9. The Morgan fingerprint density at radius 3 is 2.77 bits per heavy atom. The highest BCUT2D eigenvalue weighted by Gasteiger charge is 2.30. The van der Waals surface area contributed by atoms with Crippen LogP contribution < -0.4 is 5.32 Å². The van der Waals surface area contributed by atoms with Crippen LogP contribution in [0, 0.1) is 6.92 Å². The summed E-state index contributed by atoms with van der Waals surface area (Å²) in [5, 5.41) is 13.4. The maximum atomic E-state index is 10.0. The number of rotatable bonds is 5. The number of nitrogens with one attached hydrogen (secondary N) is 1. The number of likely N-dealkylation sites (tertiary alicyclic amines) is 1. The summed E-state index contributed by atoms with van der Waals surface area (Å²) in [5.74, 6) is 0.904. The second-order valence-electron chi connectivity index (χ2n) is 6.00. The molecule has 1 aliphatic heterocycles. The van der Waals surface area contributed by atoms with Gasteiger partial charge in [-0.05, 0) is 31.0 Å². The molecule has 22 heavy (non-hydrogen) atoms. The van der Waals surface area contributed by atoms with Gasteiger partial charge in [0.25, 0.3) is 0 Å². The Hall–Kier alpha value is -1.91. The summed E-state index contributed by atoms with van der Waals surface area (Å²) >= 11 is 0. The second kappa shape index (κ2) is 6.90. The van der Waals surface area contributed by atoms with E-state index in [-0.39, 0.29) is 6.10 Å². The van der Waals surface area contributed by atoms with Gasteiger partial charge in [0.05, 0.1) is 6.10 Å². The highest BCUT2D eigenvalue weighted by atomic mass is 16.3. The maximum Gasteiger partial charge on any atom is 0.126 e. The van der Waals surface area contributed by atoms with E-state index in [1.54, 1.807) is 0 Å². The quantitative estimate of drug-likeness (QED) is 0.890. The molecule has 0 spiro atoms. The standard InChI is InChI=1S/C18H23N3O/c1-14-6-5-9-18(20-14)19-11-16-10-17(22)13-21(16)12-15-7-3-2-4-8-15/h2-9,16-17,22H,10-13H2,1H3,(H,19,20). The summed E-state index contributed by atoms with van der Waals surface area (Å²) in [5.41, 5.74) is 2.30. The van der Waals surface area contributed by atoms with E-state index in [1.807, 2.05) is 31.2 Å². The van der Waals surface area contributed by atoms with Gasteiger partial charge in [0, 0.05) is 31.4 Å². The highest BCUT2D eigenvalue weighted by Crippen LogP contribution is 2.21. The van der Waals surface area contributed by atoms with E-state index in [1.165, 1.54) is 5.56 Å². The summed E-state index contributed by atoms with van der Waals surface area (Å²) in [7, 11) is 0. The fourth-order valence-corrected chi connectivity index (χ4v) is 3.05. The van der Waals surface area contributed by atoms with Crippen LogP contribution in [0.15, 0.2) is 48.5 Å². The Morgan fingerprint density at radius 2 is 2.00 bits per heavy atom. The number of pyridine rings is 1. The fourth-order valence-electron chi connectivity index (χ4n) is 3.05. The summed E-state index contributed by atoms with van der Waals surface area (Å²) in [4.78, 5) is 6.82. The molecule has 1 fully saturated rings. The first-order valence-electron chi connectivity index (χ1n) is 7.84. The molecule has 1 aromatic heterocycles. The van der Waals surface area contributed by atoms with Crippen LogP contribution in [-0.4, -0.2) is 40.2 Å². The smallest absolute Gasteiger partial charge is 0.126 e. The molecule has 1 aromatic carbocycles. The average molecular weight is 297 g/mol. The lowest BCUT2D eigenvalue weighted by atomic mass is 10.1. The zero-order valence-electron chi connectivity index (χ0n) is 12.9. The molecule has 2 atom stereocenters.